The number of anilines is 2. The van der Waals surface area contributed by atoms with Crippen molar-refractivity contribution in [1.82, 2.24) is 0 Å². The first-order valence-corrected chi connectivity index (χ1v) is 9.43. The first kappa shape index (κ1) is 23.4. The number of aromatic carboxylic acids is 2. The van der Waals surface area contributed by atoms with Crippen LogP contribution in [0.5, 0.6) is 0 Å². The van der Waals surface area contributed by atoms with Crippen molar-refractivity contribution in [3.8, 4) is 0 Å². The number of ether oxygens (including phenoxy) is 1. The van der Waals surface area contributed by atoms with Gasteiger partial charge in [0.2, 0.25) is 5.91 Å². The molecule has 0 fully saturated rings. The van der Waals surface area contributed by atoms with Gasteiger partial charge in [0.1, 0.15) is 5.60 Å². The predicted molar refractivity (Wildman–Crippen MR) is 114 cm³/mol. The lowest BCUT2D eigenvalue weighted by molar-refractivity contribution is -0.116. The molecule has 0 bridgehead atoms. The van der Waals surface area contributed by atoms with E-state index in [-0.39, 0.29) is 23.2 Å². The molecule has 0 atom stereocenters. The van der Waals surface area contributed by atoms with E-state index >= 15 is 0 Å². The van der Waals surface area contributed by atoms with E-state index in [0.717, 1.165) is 11.6 Å². The molecule has 31 heavy (non-hydrogen) atoms. The summed E-state index contributed by atoms with van der Waals surface area (Å²) in [5.74, 6) is -2.98. The molecule has 0 radical (unpaired) electrons. The van der Waals surface area contributed by atoms with Gasteiger partial charge in [-0.25, -0.2) is 14.4 Å². The van der Waals surface area contributed by atoms with Gasteiger partial charge in [0, 0.05) is 17.8 Å². The molecule has 0 heterocycles. The summed E-state index contributed by atoms with van der Waals surface area (Å²) in [6.45, 7) is 5.29. The van der Waals surface area contributed by atoms with Crippen LogP contribution in [0.15, 0.2) is 42.5 Å². The molecule has 0 unspecified atom stereocenters. The Kier molecular flexibility index (Phi) is 7.36. The molecule has 0 aliphatic rings. The molecule has 2 aromatic carbocycles. The third-order valence-electron chi connectivity index (χ3n) is 3.95. The number of hydrogen-bond acceptors (Lipinski definition) is 5. The summed E-state index contributed by atoms with van der Waals surface area (Å²) in [6, 6.07) is 10.3. The van der Waals surface area contributed by atoms with Gasteiger partial charge in [-0.05, 0) is 63.1 Å². The molecule has 4 N–H and O–H groups in total. The highest BCUT2D eigenvalue weighted by Crippen LogP contribution is 2.17. The van der Waals surface area contributed by atoms with Crippen molar-refractivity contribution in [2.75, 3.05) is 10.6 Å². The fraction of sp³-hybridized carbons (Fsp3) is 0.273. The average Bonchev–Trinajstić information content (AvgIpc) is 2.65. The number of hydrogen-bond donors (Lipinski definition) is 4. The smallest absolute Gasteiger partial charge is 0.412 e. The average molecular weight is 428 g/mol. The highest BCUT2D eigenvalue weighted by molar-refractivity contribution is 5.98. The fourth-order valence-corrected chi connectivity index (χ4v) is 2.60. The molecule has 0 aromatic heterocycles. The number of carbonyl (C=O) groups excluding carboxylic acids is 2. The Bertz CT molecular complexity index is 960. The van der Waals surface area contributed by atoms with E-state index in [9.17, 15) is 19.2 Å². The Hall–Kier alpha value is -3.88. The summed E-state index contributed by atoms with van der Waals surface area (Å²) in [4.78, 5) is 46.3. The maximum Gasteiger partial charge on any atom is 0.412 e. The lowest BCUT2D eigenvalue weighted by atomic mass is 10.1. The van der Waals surface area contributed by atoms with Crippen LogP contribution in [0, 0.1) is 0 Å². The Morgan fingerprint density at radius 3 is 1.87 bits per heavy atom. The van der Waals surface area contributed by atoms with Crippen LogP contribution in [-0.4, -0.2) is 39.8 Å². The van der Waals surface area contributed by atoms with E-state index in [1.807, 2.05) is 0 Å². The lowest BCUT2D eigenvalue weighted by Crippen LogP contribution is -2.27. The molecule has 0 aliphatic heterocycles. The predicted octanol–water partition coefficient (Wildman–Crippen LogP) is 4.00. The van der Waals surface area contributed by atoms with Gasteiger partial charge in [-0.15, -0.1) is 0 Å². The third-order valence-corrected chi connectivity index (χ3v) is 3.95. The quantitative estimate of drug-likeness (QED) is 0.522. The molecule has 0 saturated heterocycles. The summed E-state index contributed by atoms with van der Waals surface area (Å²) in [6.07, 6.45) is -0.0782. The second kappa shape index (κ2) is 9.75. The number of amides is 2. The van der Waals surface area contributed by atoms with E-state index in [2.05, 4.69) is 10.6 Å². The van der Waals surface area contributed by atoms with E-state index < -0.39 is 29.5 Å². The third kappa shape index (κ3) is 7.81. The van der Waals surface area contributed by atoms with Crippen LogP contribution < -0.4 is 10.6 Å². The van der Waals surface area contributed by atoms with Gasteiger partial charge in [-0.1, -0.05) is 12.1 Å². The van der Waals surface area contributed by atoms with Gasteiger partial charge < -0.3 is 20.3 Å². The van der Waals surface area contributed by atoms with Crippen molar-refractivity contribution in [1.29, 1.82) is 0 Å². The number of carboxylic acids is 2. The molecule has 164 valence electrons. The Morgan fingerprint density at radius 1 is 0.839 bits per heavy atom. The van der Waals surface area contributed by atoms with Crippen LogP contribution in [0.25, 0.3) is 0 Å². The van der Waals surface area contributed by atoms with E-state index in [1.165, 1.54) is 12.1 Å². The zero-order valence-corrected chi connectivity index (χ0v) is 17.4. The molecule has 2 amide bonds. The molecule has 2 rings (SSSR count). The van der Waals surface area contributed by atoms with Crippen molar-refractivity contribution < 1.29 is 34.1 Å². The summed E-state index contributed by atoms with van der Waals surface area (Å²) in [5, 5.41) is 23.3. The minimum Gasteiger partial charge on any atom is -0.478 e. The van der Waals surface area contributed by atoms with Gasteiger partial charge in [0.05, 0.1) is 11.1 Å². The van der Waals surface area contributed by atoms with Gasteiger partial charge in [-0.3, -0.25) is 10.1 Å². The standard InChI is InChI=1S/C22H24N2O7/c1-22(2,3)31-21(30)24-16-7-4-13(5-8-16)6-9-18(25)23-17-11-14(19(26)27)10-15(12-17)20(28)29/h4-5,7-8,10-12H,6,9H2,1-3H3,(H,23,25)(H,24,30)(H,26,27)(H,28,29). The van der Waals surface area contributed by atoms with Crippen molar-refractivity contribution >= 4 is 35.3 Å². The fourth-order valence-electron chi connectivity index (χ4n) is 2.60. The van der Waals surface area contributed by atoms with Gasteiger partial charge >= 0.3 is 18.0 Å². The molecular weight excluding hydrogens is 404 g/mol. The molecule has 2 aromatic rings. The second-order valence-corrected chi connectivity index (χ2v) is 7.78. The normalized spacial score (nSPS) is 10.8. The van der Waals surface area contributed by atoms with E-state index in [4.69, 9.17) is 14.9 Å². The summed E-state index contributed by atoms with van der Waals surface area (Å²) in [7, 11) is 0. The SMILES string of the molecule is CC(C)(C)OC(=O)Nc1ccc(CCC(=O)Nc2cc(C(=O)O)cc(C(=O)O)c2)cc1. The minimum absolute atomic E-state index is 0.0958. The zero-order valence-electron chi connectivity index (χ0n) is 17.4. The van der Waals surface area contributed by atoms with Crippen LogP contribution in [0.1, 0.15) is 53.5 Å². The molecule has 0 saturated carbocycles. The summed E-state index contributed by atoms with van der Waals surface area (Å²) < 4.78 is 5.18. The van der Waals surface area contributed by atoms with Crippen molar-refractivity contribution in [2.24, 2.45) is 0 Å². The maximum absolute atomic E-state index is 12.2. The Labute approximate surface area is 179 Å². The highest BCUT2D eigenvalue weighted by Gasteiger charge is 2.16. The van der Waals surface area contributed by atoms with Crippen LogP contribution in [0.2, 0.25) is 0 Å². The van der Waals surface area contributed by atoms with Crippen LogP contribution >= 0.6 is 0 Å². The van der Waals surface area contributed by atoms with Crippen molar-refractivity contribution in [3.63, 3.8) is 0 Å². The molecule has 0 spiro atoms. The monoisotopic (exact) mass is 428 g/mol. The first-order chi connectivity index (χ1) is 14.4. The van der Waals surface area contributed by atoms with Crippen LogP contribution in [0.3, 0.4) is 0 Å². The maximum atomic E-state index is 12.2. The van der Waals surface area contributed by atoms with Crippen molar-refractivity contribution in [3.05, 3.63) is 59.2 Å². The topological polar surface area (TPSA) is 142 Å². The molecule has 9 heteroatoms. The molecular formula is C22H24N2O7. The molecule has 9 nitrogen and oxygen atoms in total. The van der Waals surface area contributed by atoms with Crippen LogP contribution in [-0.2, 0) is 16.0 Å². The minimum atomic E-state index is -1.29. The van der Waals surface area contributed by atoms with E-state index in [1.54, 1.807) is 45.0 Å². The number of carboxylic acid groups (broad SMARTS) is 2. The highest BCUT2D eigenvalue weighted by atomic mass is 16.6. The summed E-state index contributed by atoms with van der Waals surface area (Å²) >= 11 is 0. The first-order valence-electron chi connectivity index (χ1n) is 9.43. The number of rotatable bonds is 7. The van der Waals surface area contributed by atoms with Gasteiger partial charge in [0.25, 0.3) is 0 Å². The van der Waals surface area contributed by atoms with Crippen molar-refractivity contribution in [2.45, 2.75) is 39.2 Å². The number of benzene rings is 2. The molecule has 0 aliphatic carbocycles. The zero-order chi connectivity index (χ0) is 23.2. The largest absolute Gasteiger partial charge is 0.478 e. The number of aryl methyl sites for hydroxylation is 1. The van der Waals surface area contributed by atoms with Gasteiger partial charge in [-0.2, -0.15) is 0 Å². The van der Waals surface area contributed by atoms with Gasteiger partial charge in [0.15, 0.2) is 0 Å². The Morgan fingerprint density at radius 2 is 1.39 bits per heavy atom. The van der Waals surface area contributed by atoms with E-state index in [0.29, 0.717) is 12.1 Å². The second-order valence-electron chi connectivity index (χ2n) is 7.78. The lowest BCUT2D eigenvalue weighted by Gasteiger charge is -2.19. The van der Waals surface area contributed by atoms with Crippen LogP contribution in [0.4, 0.5) is 16.2 Å². The number of nitrogens with one attached hydrogen (secondary N) is 2. The Balaban J connectivity index is 1.94. The summed E-state index contributed by atoms with van der Waals surface area (Å²) in [5.41, 5.74) is 0.419. The number of carbonyl (C=O) groups is 4.